The summed E-state index contributed by atoms with van der Waals surface area (Å²) in [5.41, 5.74) is 7.74. The number of hydrogen-bond donors (Lipinski definition) is 2. The lowest BCUT2D eigenvalue weighted by molar-refractivity contribution is -0.109. The first kappa shape index (κ1) is 16.0. The maximum absolute atomic E-state index is 12.1. The number of nitrogen functional groups attached to an aromatic ring is 1. The highest BCUT2D eigenvalue weighted by atomic mass is 16.1. The van der Waals surface area contributed by atoms with Gasteiger partial charge < -0.3 is 10.5 Å². The Kier molecular flexibility index (Phi) is 3.97. The molecular formula is C21H17N3O2. The van der Waals surface area contributed by atoms with Crippen LogP contribution in [0.15, 0.2) is 65.5 Å². The number of aromatic amines is 1. The van der Waals surface area contributed by atoms with E-state index in [2.05, 4.69) is 9.97 Å². The highest BCUT2D eigenvalue weighted by Gasteiger charge is 2.15. The molecule has 0 aliphatic heterocycles. The van der Waals surface area contributed by atoms with Crippen LogP contribution in [0.4, 0.5) is 5.95 Å². The van der Waals surface area contributed by atoms with E-state index in [0.29, 0.717) is 17.3 Å². The second kappa shape index (κ2) is 6.44. The zero-order chi connectivity index (χ0) is 18.1. The Labute approximate surface area is 149 Å². The monoisotopic (exact) mass is 343 g/mol. The first-order valence-corrected chi connectivity index (χ1v) is 8.37. The normalized spacial score (nSPS) is 12.3. The Bertz CT molecular complexity index is 1180. The number of H-pyrrole nitrogens is 1. The van der Waals surface area contributed by atoms with Gasteiger partial charge in [0.1, 0.15) is 6.29 Å². The van der Waals surface area contributed by atoms with E-state index in [4.69, 9.17) is 5.73 Å². The SMILES string of the molecule is Nc1nc2ccc(CC(C=O)c3cccc4ccccc34)cc2c(=O)[nH]1. The van der Waals surface area contributed by atoms with Gasteiger partial charge in [-0.3, -0.25) is 9.78 Å². The van der Waals surface area contributed by atoms with Crippen LogP contribution in [-0.4, -0.2) is 16.3 Å². The molecule has 0 aliphatic carbocycles. The third-order valence-electron chi connectivity index (χ3n) is 4.63. The molecule has 0 amide bonds. The number of nitrogens with two attached hydrogens (primary N) is 1. The number of nitrogens with one attached hydrogen (secondary N) is 1. The molecule has 3 N–H and O–H groups in total. The topological polar surface area (TPSA) is 88.8 Å². The van der Waals surface area contributed by atoms with Gasteiger partial charge in [-0.05, 0) is 40.5 Å². The van der Waals surface area contributed by atoms with E-state index in [1.807, 2.05) is 48.5 Å². The summed E-state index contributed by atoms with van der Waals surface area (Å²) in [4.78, 5) is 30.6. The van der Waals surface area contributed by atoms with Crippen LogP contribution in [0.5, 0.6) is 0 Å². The van der Waals surface area contributed by atoms with Gasteiger partial charge in [0.25, 0.3) is 5.56 Å². The van der Waals surface area contributed by atoms with E-state index in [-0.39, 0.29) is 17.4 Å². The van der Waals surface area contributed by atoms with E-state index in [0.717, 1.165) is 28.2 Å². The highest BCUT2D eigenvalue weighted by Crippen LogP contribution is 2.27. The lowest BCUT2D eigenvalue weighted by atomic mass is 9.89. The number of rotatable bonds is 4. The summed E-state index contributed by atoms with van der Waals surface area (Å²) in [6, 6.07) is 19.4. The zero-order valence-corrected chi connectivity index (χ0v) is 14.0. The van der Waals surface area contributed by atoms with E-state index in [1.54, 1.807) is 12.1 Å². The molecule has 1 atom stereocenters. The van der Waals surface area contributed by atoms with Crippen molar-refractivity contribution in [3.8, 4) is 0 Å². The second-order valence-corrected chi connectivity index (χ2v) is 6.32. The molecule has 0 saturated heterocycles. The first-order valence-electron chi connectivity index (χ1n) is 8.37. The van der Waals surface area contributed by atoms with Crippen molar-refractivity contribution in [3.05, 3.63) is 82.1 Å². The molecule has 4 rings (SSSR count). The third-order valence-corrected chi connectivity index (χ3v) is 4.63. The number of benzene rings is 3. The molecule has 5 heteroatoms. The average molecular weight is 343 g/mol. The van der Waals surface area contributed by atoms with Crippen LogP contribution >= 0.6 is 0 Å². The number of nitrogens with zero attached hydrogens (tertiary/aromatic N) is 1. The van der Waals surface area contributed by atoms with Gasteiger partial charge in [0.2, 0.25) is 5.95 Å². The van der Waals surface area contributed by atoms with Gasteiger partial charge in [-0.2, -0.15) is 0 Å². The van der Waals surface area contributed by atoms with Crippen LogP contribution < -0.4 is 11.3 Å². The molecule has 1 aromatic heterocycles. The van der Waals surface area contributed by atoms with Crippen molar-refractivity contribution in [2.75, 3.05) is 5.73 Å². The molecule has 0 radical (unpaired) electrons. The van der Waals surface area contributed by atoms with Gasteiger partial charge in [0.15, 0.2) is 0 Å². The maximum atomic E-state index is 12.1. The molecule has 4 aromatic rings. The fourth-order valence-electron chi connectivity index (χ4n) is 3.39. The largest absolute Gasteiger partial charge is 0.369 e. The predicted octanol–water partition coefficient (Wildman–Crippen LogP) is 3.18. The Morgan fingerprint density at radius 1 is 1.04 bits per heavy atom. The minimum atomic E-state index is -0.292. The number of fused-ring (bicyclic) bond motifs is 2. The fourth-order valence-corrected chi connectivity index (χ4v) is 3.39. The van der Waals surface area contributed by atoms with E-state index < -0.39 is 0 Å². The van der Waals surface area contributed by atoms with Gasteiger partial charge in [0.05, 0.1) is 10.9 Å². The summed E-state index contributed by atoms with van der Waals surface area (Å²) in [6.45, 7) is 0. The summed E-state index contributed by atoms with van der Waals surface area (Å²) >= 11 is 0. The van der Waals surface area contributed by atoms with Crippen LogP contribution in [0.3, 0.4) is 0 Å². The zero-order valence-electron chi connectivity index (χ0n) is 14.0. The van der Waals surface area contributed by atoms with Crippen LogP contribution in [0.2, 0.25) is 0 Å². The summed E-state index contributed by atoms with van der Waals surface area (Å²) in [6.07, 6.45) is 1.48. The van der Waals surface area contributed by atoms with Gasteiger partial charge in [-0.25, -0.2) is 4.98 Å². The first-order chi connectivity index (χ1) is 12.7. The number of carbonyl (C=O) groups excluding carboxylic acids is 1. The van der Waals surface area contributed by atoms with E-state index in [1.165, 1.54) is 0 Å². The molecule has 3 aromatic carbocycles. The molecule has 0 saturated carbocycles. The summed E-state index contributed by atoms with van der Waals surface area (Å²) in [7, 11) is 0. The minimum Gasteiger partial charge on any atom is -0.369 e. The number of aldehydes is 1. The van der Waals surface area contributed by atoms with Gasteiger partial charge in [-0.1, -0.05) is 48.5 Å². The number of aromatic nitrogens is 2. The molecule has 0 spiro atoms. The van der Waals surface area contributed by atoms with Gasteiger partial charge in [0, 0.05) is 5.92 Å². The van der Waals surface area contributed by atoms with Crippen molar-refractivity contribution >= 4 is 33.9 Å². The van der Waals surface area contributed by atoms with E-state index >= 15 is 0 Å². The molecule has 128 valence electrons. The van der Waals surface area contributed by atoms with Gasteiger partial charge >= 0.3 is 0 Å². The second-order valence-electron chi connectivity index (χ2n) is 6.32. The van der Waals surface area contributed by atoms with Crippen molar-refractivity contribution in [2.24, 2.45) is 0 Å². The van der Waals surface area contributed by atoms with Crippen LogP contribution in [-0.2, 0) is 11.2 Å². The summed E-state index contributed by atoms with van der Waals surface area (Å²) in [5.74, 6) is -0.198. The number of anilines is 1. The standard InChI is InChI=1S/C21H17N3O2/c22-21-23-19-9-8-13(11-18(19)20(26)24-21)10-15(12-25)17-7-3-5-14-4-1-2-6-16(14)17/h1-9,11-12,15H,10H2,(H3,22,23,24,26). The highest BCUT2D eigenvalue weighted by molar-refractivity contribution is 5.88. The Morgan fingerprint density at radius 2 is 1.85 bits per heavy atom. The van der Waals surface area contributed by atoms with E-state index in [9.17, 15) is 9.59 Å². The Hall–Kier alpha value is -3.47. The van der Waals surface area contributed by atoms with Crippen LogP contribution in [0.25, 0.3) is 21.7 Å². The number of carbonyl (C=O) groups is 1. The lowest BCUT2D eigenvalue weighted by Gasteiger charge is -2.14. The van der Waals surface area contributed by atoms with Crippen LogP contribution in [0.1, 0.15) is 17.0 Å². The number of hydrogen-bond acceptors (Lipinski definition) is 4. The average Bonchev–Trinajstić information content (AvgIpc) is 2.66. The van der Waals surface area contributed by atoms with Gasteiger partial charge in [-0.15, -0.1) is 0 Å². The molecule has 0 fully saturated rings. The minimum absolute atomic E-state index is 0.0942. The predicted molar refractivity (Wildman–Crippen MR) is 103 cm³/mol. The quantitative estimate of drug-likeness (QED) is 0.557. The van der Waals surface area contributed by atoms with Crippen molar-refractivity contribution in [1.29, 1.82) is 0 Å². The van der Waals surface area contributed by atoms with Crippen molar-refractivity contribution < 1.29 is 4.79 Å². The van der Waals surface area contributed by atoms with Crippen LogP contribution in [0, 0.1) is 0 Å². The molecule has 1 unspecified atom stereocenters. The lowest BCUT2D eigenvalue weighted by Crippen LogP contribution is -2.12. The smallest absolute Gasteiger partial charge is 0.260 e. The molecule has 0 bridgehead atoms. The molecule has 26 heavy (non-hydrogen) atoms. The molecular weight excluding hydrogens is 326 g/mol. The van der Waals surface area contributed by atoms with Crippen molar-refractivity contribution in [3.63, 3.8) is 0 Å². The van der Waals surface area contributed by atoms with Crippen molar-refractivity contribution in [2.45, 2.75) is 12.3 Å². The third kappa shape index (κ3) is 2.84. The molecule has 5 nitrogen and oxygen atoms in total. The fraction of sp³-hybridized carbons (Fsp3) is 0.0952. The Balaban J connectivity index is 1.76. The maximum Gasteiger partial charge on any atom is 0.260 e. The van der Waals surface area contributed by atoms with Crippen molar-refractivity contribution in [1.82, 2.24) is 9.97 Å². The molecule has 0 aliphatic rings. The Morgan fingerprint density at radius 3 is 2.69 bits per heavy atom. The summed E-state index contributed by atoms with van der Waals surface area (Å²) in [5, 5.41) is 2.64. The molecule has 1 heterocycles. The summed E-state index contributed by atoms with van der Waals surface area (Å²) < 4.78 is 0.